The summed E-state index contributed by atoms with van der Waals surface area (Å²) in [6.45, 7) is 5.49. The zero-order valence-corrected chi connectivity index (χ0v) is 27.9. The molecule has 7 nitrogen and oxygen atoms in total. The number of halogens is 2. The Morgan fingerprint density at radius 1 is 0.867 bits per heavy atom. The van der Waals surface area contributed by atoms with E-state index in [4.69, 9.17) is 23.2 Å². The highest BCUT2D eigenvalue weighted by molar-refractivity contribution is 7.92. The van der Waals surface area contributed by atoms with Crippen LogP contribution >= 0.6 is 23.2 Å². The lowest BCUT2D eigenvalue weighted by molar-refractivity contribution is -0.140. The van der Waals surface area contributed by atoms with Gasteiger partial charge in [-0.1, -0.05) is 96.9 Å². The Kier molecular flexibility index (Phi) is 11.7. The van der Waals surface area contributed by atoms with E-state index in [0.717, 1.165) is 21.0 Å². The summed E-state index contributed by atoms with van der Waals surface area (Å²) in [7, 11) is -4.19. The molecule has 0 unspecified atom stereocenters. The van der Waals surface area contributed by atoms with Crippen LogP contribution in [0, 0.1) is 13.8 Å². The van der Waals surface area contributed by atoms with Crippen LogP contribution in [0.15, 0.2) is 102 Å². The molecule has 4 rings (SSSR count). The number of hydrogen-bond donors (Lipinski definition) is 1. The molecule has 0 fully saturated rings. The fourth-order valence-corrected chi connectivity index (χ4v) is 6.95. The normalized spacial score (nSPS) is 11.9. The first kappa shape index (κ1) is 34.0. The number of rotatable bonds is 13. The van der Waals surface area contributed by atoms with Crippen molar-refractivity contribution in [1.29, 1.82) is 0 Å². The van der Waals surface area contributed by atoms with E-state index in [1.54, 1.807) is 48.5 Å². The number of nitrogens with zero attached hydrogens (tertiary/aromatic N) is 2. The zero-order valence-electron chi connectivity index (χ0n) is 25.5. The van der Waals surface area contributed by atoms with Gasteiger partial charge in [0.1, 0.15) is 12.6 Å². The Balaban J connectivity index is 1.84. The molecule has 0 bridgehead atoms. The molecule has 0 aliphatic heterocycles. The SMILES string of the molecule is CCCNC(=O)[C@@H](Cc1ccccc1)N(Cc1ccc(Cl)cc1Cl)C(=O)CN(c1cccc(C)c1C)S(=O)(=O)c1ccccc1. The van der Waals surface area contributed by atoms with Crippen molar-refractivity contribution in [2.75, 3.05) is 17.4 Å². The number of anilines is 1. The molecule has 0 radical (unpaired) electrons. The lowest BCUT2D eigenvalue weighted by Crippen LogP contribution is -2.53. The molecule has 45 heavy (non-hydrogen) atoms. The van der Waals surface area contributed by atoms with Gasteiger partial charge in [-0.3, -0.25) is 13.9 Å². The highest BCUT2D eigenvalue weighted by Crippen LogP contribution is 2.30. The molecule has 0 aliphatic rings. The second-order valence-corrected chi connectivity index (χ2v) is 13.5. The maximum Gasteiger partial charge on any atom is 0.264 e. The third-order valence-corrected chi connectivity index (χ3v) is 9.99. The van der Waals surface area contributed by atoms with E-state index in [0.29, 0.717) is 34.3 Å². The van der Waals surface area contributed by atoms with Gasteiger partial charge < -0.3 is 10.2 Å². The van der Waals surface area contributed by atoms with Gasteiger partial charge in [0.25, 0.3) is 10.0 Å². The molecule has 4 aromatic rings. The van der Waals surface area contributed by atoms with Crippen LogP contribution < -0.4 is 9.62 Å². The fraction of sp³-hybridized carbons (Fsp3) is 0.257. The van der Waals surface area contributed by atoms with Crippen LogP contribution in [0.3, 0.4) is 0 Å². The summed E-state index contributed by atoms with van der Waals surface area (Å²) in [5, 5.41) is 3.69. The fourth-order valence-electron chi connectivity index (χ4n) is 4.99. The summed E-state index contributed by atoms with van der Waals surface area (Å²) >= 11 is 12.7. The minimum Gasteiger partial charge on any atom is -0.354 e. The first-order valence-electron chi connectivity index (χ1n) is 14.7. The first-order chi connectivity index (χ1) is 21.5. The van der Waals surface area contributed by atoms with Gasteiger partial charge in [0.05, 0.1) is 10.6 Å². The Bertz CT molecular complexity index is 1730. The van der Waals surface area contributed by atoms with Gasteiger partial charge in [-0.25, -0.2) is 8.42 Å². The quantitative estimate of drug-likeness (QED) is 0.167. The standard InChI is InChI=1S/C35H37Cl2N3O4S/c1-4-20-38-35(42)33(21-27-13-7-5-8-14-27)39(23-28-18-19-29(36)22-31(28)37)34(41)24-40(32-17-11-12-25(2)26(32)3)45(43,44)30-15-9-6-10-16-30/h5-19,22,33H,4,20-21,23-24H2,1-3H3,(H,38,42)/t33-/m1/s1. The van der Waals surface area contributed by atoms with E-state index in [1.807, 2.05) is 57.2 Å². The van der Waals surface area contributed by atoms with E-state index in [9.17, 15) is 18.0 Å². The van der Waals surface area contributed by atoms with Gasteiger partial charge in [-0.05, 0) is 72.9 Å². The Morgan fingerprint density at radius 2 is 1.53 bits per heavy atom. The molecule has 0 spiro atoms. The predicted octanol–water partition coefficient (Wildman–Crippen LogP) is 6.97. The third kappa shape index (κ3) is 8.45. The summed E-state index contributed by atoms with van der Waals surface area (Å²) in [4.78, 5) is 29.8. The van der Waals surface area contributed by atoms with Gasteiger partial charge in [0, 0.05) is 29.6 Å². The predicted molar refractivity (Wildman–Crippen MR) is 181 cm³/mol. The van der Waals surface area contributed by atoms with Crippen LogP contribution in [0.4, 0.5) is 5.69 Å². The molecule has 0 saturated carbocycles. The summed E-state index contributed by atoms with van der Waals surface area (Å²) < 4.78 is 29.5. The largest absolute Gasteiger partial charge is 0.354 e. The van der Waals surface area contributed by atoms with Crippen molar-refractivity contribution in [3.05, 3.63) is 129 Å². The lowest BCUT2D eigenvalue weighted by Gasteiger charge is -2.34. The number of sulfonamides is 1. The van der Waals surface area contributed by atoms with Gasteiger partial charge in [0.2, 0.25) is 11.8 Å². The smallest absolute Gasteiger partial charge is 0.264 e. The molecule has 236 valence electrons. The number of hydrogen-bond acceptors (Lipinski definition) is 4. The minimum absolute atomic E-state index is 0.0437. The average Bonchev–Trinajstić information content (AvgIpc) is 3.03. The molecule has 1 N–H and O–H groups in total. The van der Waals surface area contributed by atoms with Crippen molar-refractivity contribution in [2.45, 2.75) is 51.1 Å². The highest BCUT2D eigenvalue weighted by Gasteiger charge is 2.35. The molecule has 0 saturated heterocycles. The molecule has 10 heteroatoms. The molecular weight excluding hydrogens is 629 g/mol. The second-order valence-electron chi connectivity index (χ2n) is 10.8. The van der Waals surface area contributed by atoms with Crippen LogP contribution in [0.5, 0.6) is 0 Å². The molecule has 0 aliphatic carbocycles. The van der Waals surface area contributed by atoms with Gasteiger partial charge >= 0.3 is 0 Å². The molecule has 1 atom stereocenters. The van der Waals surface area contributed by atoms with Gasteiger partial charge in [-0.15, -0.1) is 0 Å². The first-order valence-corrected chi connectivity index (χ1v) is 16.9. The number of nitrogens with one attached hydrogen (secondary N) is 1. The maximum atomic E-state index is 14.6. The van der Waals surface area contributed by atoms with Crippen LogP contribution in [0.1, 0.15) is 35.6 Å². The number of aryl methyl sites for hydroxylation is 1. The van der Waals surface area contributed by atoms with E-state index in [2.05, 4.69) is 5.32 Å². The van der Waals surface area contributed by atoms with E-state index in [-0.39, 0.29) is 23.8 Å². The Hall–Kier alpha value is -3.85. The molecule has 4 aromatic carbocycles. The number of benzene rings is 4. The maximum absolute atomic E-state index is 14.6. The van der Waals surface area contributed by atoms with E-state index < -0.39 is 28.5 Å². The van der Waals surface area contributed by atoms with Crippen molar-refractivity contribution in [2.24, 2.45) is 0 Å². The van der Waals surface area contributed by atoms with Crippen molar-refractivity contribution in [1.82, 2.24) is 10.2 Å². The molecule has 0 heterocycles. The second kappa shape index (κ2) is 15.4. The summed E-state index contributed by atoms with van der Waals surface area (Å²) in [6, 6.07) is 26.7. The van der Waals surface area contributed by atoms with E-state index >= 15 is 0 Å². The number of carbonyl (C=O) groups excluding carboxylic acids is 2. The van der Waals surface area contributed by atoms with Gasteiger partial charge in [0.15, 0.2) is 0 Å². The molecular formula is C35H37Cl2N3O4S. The van der Waals surface area contributed by atoms with Crippen LogP contribution in [-0.2, 0) is 32.6 Å². The van der Waals surface area contributed by atoms with Crippen LogP contribution in [-0.4, -0.2) is 44.3 Å². The topological polar surface area (TPSA) is 86.8 Å². The van der Waals surface area contributed by atoms with Crippen molar-refractivity contribution in [3.8, 4) is 0 Å². The zero-order chi connectivity index (χ0) is 32.6. The van der Waals surface area contributed by atoms with Crippen LogP contribution in [0.25, 0.3) is 0 Å². The Labute approximate surface area is 275 Å². The Morgan fingerprint density at radius 3 is 2.18 bits per heavy atom. The molecule has 0 aromatic heterocycles. The highest BCUT2D eigenvalue weighted by atomic mass is 35.5. The molecule has 2 amide bonds. The van der Waals surface area contributed by atoms with Crippen molar-refractivity contribution >= 4 is 50.7 Å². The number of amides is 2. The third-order valence-electron chi connectivity index (χ3n) is 7.63. The lowest BCUT2D eigenvalue weighted by atomic mass is 10.0. The van der Waals surface area contributed by atoms with Gasteiger partial charge in [-0.2, -0.15) is 0 Å². The summed E-state index contributed by atoms with van der Waals surface area (Å²) in [5.74, 6) is -0.905. The van der Waals surface area contributed by atoms with Crippen molar-refractivity contribution in [3.63, 3.8) is 0 Å². The monoisotopic (exact) mass is 665 g/mol. The van der Waals surface area contributed by atoms with E-state index in [1.165, 1.54) is 17.0 Å². The number of carbonyl (C=O) groups is 2. The summed E-state index contributed by atoms with van der Waals surface area (Å²) in [5.41, 5.74) is 3.39. The summed E-state index contributed by atoms with van der Waals surface area (Å²) in [6.07, 6.45) is 0.915. The van der Waals surface area contributed by atoms with Crippen LogP contribution in [0.2, 0.25) is 10.0 Å². The van der Waals surface area contributed by atoms with Crippen molar-refractivity contribution < 1.29 is 18.0 Å². The average molecular weight is 667 g/mol. The minimum atomic E-state index is -4.19.